The second-order valence-electron chi connectivity index (χ2n) is 7.45. The van der Waals surface area contributed by atoms with Crippen molar-refractivity contribution < 1.29 is 9.59 Å². The Morgan fingerprint density at radius 1 is 0.821 bits per heavy atom. The summed E-state index contributed by atoms with van der Waals surface area (Å²) in [5.41, 5.74) is 7.02. The van der Waals surface area contributed by atoms with E-state index < -0.39 is 0 Å². The Labute approximate surface area is 178 Å². The maximum absolute atomic E-state index is 13.3. The number of halogens is 2. The largest absolute Gasteiger partial charge is 0.289 e. The smallest absolute Gasteiger partial charge is 0.193 e. The van der Waals surface area contributed by atoms with Gasteiger partial charge in [-0.15, -0.1) is 0 Å². The van der Waals surface area contributed by atoms with Gasteiger partial charge < -0.3 is 0 Å². The van der Waals surface area contributed by atoms with E-state index in [4.69, 9.17) is 0 Å². The SMILES string of the molecule is O=C1C2=C3C(=CC=C4C(=O)c5cc(Br)c(Br)cc5C(C=C2)C43)c2ccccc21. The molecule has 0 aromatic heterocycles. The number of allylic oxidation sites excluding steroid dienone is 8. The molecule has 134 valence electrons. The molecule has 2 unspecified atom stereocenters. The molecule has 0 saturated heterocycles. The Hall–Kier alpha value is -2.30. The predicted molar refractivity (Wildman–Crippen MR) is 115 cm³/mol. The molecule has 0 fully saturated rings. The van der Waals surface area contributed by atoms with Crippen LogP contribution in [0.25, 0.3) is 5.57 Å². The minimum atomic E-state index is -0.106. The molecule has 2 aromatic rings. The van der Waals surface area contributed by atoms with Crippen LogP contribution in [0.5, 0.6) is 0 Å². The highest BCUT2D eigenvalue weighted by Crippen LogP contribution is 2.55. The number of hydrogen-bond donors (Lipinski definition) is 0. The van der Waals surface area contributed by atoms with Gasteiger partial charge in [-0.05, 0) is 66.3 Å². The summed E-state index contributed by atoms with van der Waals surface area (Å²) in [5, 5.41) is 0. The molecule has 6 rings (SSSR count). The van der Waals surface area contributed by atoms with Crippen LogP contribution in [0.15, 0.2) is 86.4 Å². The Bertz CT molecular complexity index is 1270. The van der Waals surface area contributed by atoms with Gasteiger partial charge in [0.1, 0.15) is 0 Å². The third-order valence-electron chi connectivity index (χ3n) is 6.15. The van der Waals surface area contributed by atoms with Crippen LogP contribution >= 0.6 is 31.9 Å². The highest BCUT2D eigenvalue weighted by molar-refractivity contribution is 9.13. The average Bonchev–Trinajstić information content (AvgIpc) is 2.72. The second kappa shape index (κ2) is 5.62. The summed E-state index contributed by atoms with van der Waals surface area (Å²) in [6.07, 6.45) is 8.03. The molecule has 0 N–H and O–H groups in total. The van der Waals surface area contributed by atoms with Crippen LogP contribution in [-0.2, 0) is 0 Å². The van der Waals surface area contributed by atoms with Crippen molar-refractivity contribution in [3.63, 3.8) is 0 Å². The molecular weight excluding hydrogens is 480 g/mol. The van der Waals surface area contributed by atoms with Gasteiger partial charge in [-0.1, -0.05) is 48.6 Å². The average molecular weight is 492 g/mol. The van der Waals surface area contributed by atoms with Crippen LogP contribution in [0.4, 0.5) is 0 Å². The first-order valence-corrected chi connectivity index (χ1v) is 10.7. The van der Waals surface area contributed by atoms with Crippen molar-refractivity contribution in [1.82, 2.24) is 0 Å². The van der Waals surface area contributed by atoms with Gasteiger partial charge in [-0.2, -0.15) is 0 Å². The van der Waals surface area contributed by atoms with Gasteiger partial charge in [0.05, 0.1) is 0 Å². The van der Waals surface area contributed by atoms with Crippen LogP contribution in [0.2, 0.25) is 0 Å². The number of carbonyl (C=O) groups is 2. The number of rotatable bonds is 0. The second-order valence-corrected chi connectivity index (χ2v) is 9.16. The molecule has 28 heavy (non-hydrogen) atoms. The number of Topliss-reactive ketones (excluding diaryl/α,β-unsaturated/α-hetero) is 2. The van der Waals surface area contributed by atoms with Crippen molar-refractivity contribution in [2.45, 2.75) is 5.92 Å². The lowest BCUT2D eigenvalue weighted by Gasteiger charge is -2.42. The van der Waals surface area contributed by atoms with Gasteiger partial charge in [-0.3, -0.25) is 9.59 Å². The number of carbonyl (C=O) groups excluding carboxylic acids is 2. The van der Waals surface area contributed by atoms with Crippen LogP contribution < -0.4 is 0 Å². The van der Waals surface area contributed by atoms with Crippen molar-refractivity contribution in [3.05, 3.63) is 109 Å². The molecular formula is C24H12Br2O2. The topological polar surface area (TPSA) is 34.1 Å². The molecule has 4 aliphatic carbocycles. The van der Waals surface area contributed by atoms with Crippen molar-refractivity contribution in [3.8, 4) is 0 Å². The van der Waals surface area contributed by atoms with Crippen molar-refractivity contribution in [2.75, 3.05) is 0 Å². The molecule has 4 heteroatoms. The lowest BCUT2D eigenvalue weighted by Crippen LogP contribution is -2.35. The van der Waals surface area contributed by atoms with E-state index in [1.807, 2.05) is 54.6 Å². The molecule has 0 bridgehead atoms. The van der Waals surface area contributed by atoms with E-state index in [1.165, 1.54) is 0 Å². The molecule has 0 radical (unpaired) electrons. The Balaban J connectivity index is 1.66. The van der Waals surface area contributed by atoms with Gasteiger partial charge >= 0.3 is 0 Å². The zero-order chi connectivity index (χ0) is 19.2. The van der Waals surface area contributed by atoms with E-state index in [9.17, 15) is 9.59 Å². The van der Waals surface area contributed by atoms with Crippen molar-refractivity contribution >= 4 is 49.0 Å². The number of benzene rings is 2. The van der Waals surface area contributed by atoms with Gasteiger partial charge in [0.25, 0.3) is 0 Å². The first-order chi connectivity index (χ1) is 13.6. The number of hydrogen-bond acceptors (Lipinski definition) is 2. The van der Waals surface area contributed by atoms with Crippen LogP contribution in [0.3, 0.4) is 0 Å². The lowest BCUT2D eigenvalue weighted by molar-refractivity contribution is 0.100. The van der Waals surface area contributed by atoms with E-state index in [2.05, 4.69) is 37.9 Å². The van der Waals surface area contributed by atoms with Gasteiger partial charge in [-0.25, -0.2) is 0 Å². The minimum absolute atomic E-state index is 0.0452. The number of fused-ring (bicyclic) bond motifs is 4. The maximum atomic E-state index is 13.3. The van der Waals surface area contributed by atoms with Gasteiger partial charge in [0, 0.05) is 43.1 Å². The normalized spacial score (nSPS) is 23.6. The number of ketones is 2. The Morgan fingerprint density at radius 2 is 1.57 bits per heavy atom. The predicted octanol–water partition coefficient (Wildman–Crippen LogP) is 6.19. The monoisotopic (exact) mass is 490 g/mol. The minimum Gasteiger partial charge on any atom is -0.289 e. The molecule has 4 aliphatic rings. The standard InChI is InChI=1S/C24H12Br2O2/c25-19-9-17-13-6-8-15-21-12(11-3-1-2-4-14(11)23(15)27)5-7-16(22(13)21)24(28)18(17)10-20(19)26/h1-10,13,22H. The first-order valence-electron chi connectivity index (χ1n) is 9.08. The maximum Gasteiger partial charge on any atom is 0.193 e. The van der Waals surface area contributed by atoms with Crippen LogP contribution in [0, 0.1) is 5.92 Å². The van der Waals surface area contributed by atoms with E-state index >= 15 is 0 Å². The fraction of sp³-hybridized carbons (Fsp3) is 0.0833. The van der Waals surface area contributed by atoms with Crippen LogP contribution in [-0.4, -0.2) is 11.6 Å². The van der Waals surface area contributed by atoms with E-state index in [0.29, 0.717) is 0 Å². The van der Waals surface area contributed by atoms with E-state index in [-0.39, 0.29) is 23.4 Å². The summed E-state index contributed by atoms with van der Waals surface area (Å²) in [6, 6.07) is 11.7. The molecule has 2 aromatic carbocycles. The molecule has 0 spiro atoms. The molecule has 0 aliphatic heterocycles. The zero-order valence-corrected chi connectivity index (χ0v) is 17.7. The molecule has 0 heterocycles. The third kappa shape index (κ3) is 1.97. The third-order valence-corrected chi connectivity index (χ3v) is 7.99. The highest BCUT2D eigenvalue weighted by atomic mass is 79.9. The van der Waals surface area contributed by atoms with Crippen LogP contribution in [0.1, 0.15) is 37.8 Å². The summed E-state index contributed by atoms with van der Waals surface area (Å²) in [5.74, 6) is 0.0383. The summed E-state index contributed by atoms with van der Waals surface area (Å²) in [4.78, 5) is 26.5. The van der Waals surface area contributed by atoms with Gasteiger partial charge in [0.2, 0.25) is 0 Å². The fourth-order valence-corrected chi connectivity index (χ4v) is 5.66. The van der Waals surface area contributed by atoms with E-state index in [1.54, 1.807) is 0 Å². The summed E-state index contributed by atoms with van der Waals surface area (Å²) < 4.78 is 1.79. The molecule has 0 saturated carbocycles. The Kier molecular flexibility index (Phi) is 3.34. The lowest BCUT2D eigenvalue weighted by atomic mass is 9.60. The zero-order valence-electron chi connectivity index (χ0n) is 14.5. The Morgan fingerprint density at radius 3 is 2.39 bits per heavy atom. The van der Waals surface area contributed by atoms with Crippen molar-refractivity contribution in [1.29, 1.82) is 0 Å². The quantitative estimate of drug-likeness (QED) is 0.440. The molecule has 0 amide bonds. The van der Waals surface area contributed by atoms with Crippen molar-refractivity contribution in [2.24, 2.45) is 5.92 Å². The summed E-state index contributed by atoms with van der Waals surface area (Å²) >= 11 is 7.10. The van der Waals surface area contributed by atoms with E-state index in [0.717, 1.165) is 53.5 Å². The fourth-order valence-electron chi connectivity index (χ4n) is 4.96. The van der Waals surface area contributed by atoms with Gasteiger partial charge in [0.15, 0.2) is 11.6 Å². The summed E-state index contributed by atoms with van der Waals surface area (Å²) in [6.45, 7) is 0. The molecule has 2 nitrogen and oxygen atoms in total. The first kappa shape index (κ1) is 16.6. The molecule has 2 atom stereocenters. The summed E-state index contributed by atoms with van der Waals surface area (Å²) in [7, 11) is 0. The highest BCUT2D eigenvalue weighted by Gasteiger charge is 2.46.